The molecule has 2 aliphatic rings. The molecule has 0 spiro atoms. The second-order valence-corrected chi connectivity index (χ2v) is 7.07. The van der Waals surface area contributed by atoms with E-state index in [-0.39, 0.29) is 18.3 Å². The molecular weight excluding hydrogens is 380 g/mol. The maximum absolute atomic E-state index is 13.2. The van der Waals surface area contributed by atoms with Crippen LogP contribution in [0.2, 0.25) is 0 Å². The molecule has 0 radical (unpaired) electrons. The van der Waals surface area contributed by atoms with Gasteiger partial charge in [-0.1, -0.05) is 30.3 Å². The van der Waals surface area contributed by atoms with Gasteiger partial charge in [0.15, 0.2) is 11.5 Å². The lowest BCUT2D eigenvalue weighted by Gasteiger charge is -2.43. The third-order valence-electron chi connectivity index (χ3n) is 5.36. The normalized spacial score (nSPS) is 23.4. The van der Waals surface area contributed by atoms with Crippen molar-refractivity contribution in [2.24, 2.45) is 0 Å². The molecule has 150 valence electrons. The van der Waals surface area contributed by atoms with Crippen LogP contribution in [0.3, 0.4) is 0 Å². The summed E-state index contributed by atoms with van der Waals surface area (Å²) in [6.45, 7) is 3.99. The minimum absolute atomic E-state index is 0. The molecule has 2 heterocycles. The van der Waals surface area contributed by atoms with Crippen molar-refractivity contribution in [2.45, 2.75) is 25.0 Å². The van der Waals surface area contributed by atoms with Crippen LogP contribution in [0.5, 0.6) is 11.5 Å². The molecule has 0 aromatic heterocycles. The fraction of sp³-hybridized carbons (Fsp3) is 0.381. The van der Waals surface area contributed by atoms with Crippen LogP contribution in [0.25, 0.3) is 0 Å². The zero-order chi connectivity index (χ0) is 18.9. The van der Waals surface area contributed by atoms with Gasteiger partial charge >= 0.3 is 0 Å². The summed E-state index contributed by atoms with van der Waals surface area (Å²) < 4.78 is 11.2. The first-order valence-electron chi connectivity index (χ1n) is 9.27. The van der Waals surface area contributed by atoms with E-state index >= 15 is 0 Å². The van der Waals surface area contributed by atoms with Gasteiger partial charge in [0.1, 0.15) is 13.2 Å². The van der Waals surface area contributed by atoms with E-state index in [2.05, 4.69) is 10.6 Å². The van der Waals surface area contributed by atoms with E-state index in [1.54, 1.807) is 6.07 Å². The van der Waals surface area contributed by atoms with Crippen molar-refractivity contribution >= 4 is 18.3 Å². The van der Waals surface area contributed by atoms with Gasteiger partial charge in [0.05, 0.1) is 11.6 Å². The molecule has 1 amide bonds. The molecule has 1 saturated heterocycles. The van der Waals surface area contributed by atoms with Crippen molar-refractivity contribution in [3.8, 4) is 11.5 Å². The number of hydrogen-bond donors (Lipinski definition) is 3. The maximum Gasteiger partial charge on any atom is 0.252 e. The van der Waals surface area contributed by atoms with Crippen LogP contribution in [-0.2, 0) is 5.54 Å². The predicted molar refractivity (Wildman–Crippen MR) is 108 cm³/mol. The molecule has 2 atom stereocenters. The number of hydrogen-bond acceptors (Lipinski definition) is 5. The highest BCUT2D eigenvalue weighted by molar-refractivity contribution is 5.97. The third-order valence-corrected chi connectivity index (χ3v) is 5.36. The number of β-amino-alcohol motifs (C(OH)–C–C–N with tert-alkyl or cyclic N) is 1. The molecule has 0 bridgehead atoms. The van der Waals surface area contributed by atoms with Crippen LogP contribution < -0.4 is 20.1 Å². The van der Waals surface area contributed by atoms with E-state index in [0.717, 1.165) is 11.1 Å². The van der Waals surface area contributed by atoms with Crippen molar-refractivity contribution in [3.63, 3.8) is 0 Å². The molecule has 2 aromatic carbocycles. The summed E-state index contributed by atoms with van der Waals surface area (Å²) in [5.41, 5.74) is 1.41. The lowest BCUT2D eigenvalue weighted by molar-refractivity contribution is 0.0289. The van der Waals surface area contributed by atoms with Gasteiger partial charge in [-0.2, -0.15) is 0 Å². The average molecular weight is 405 g/mol. The molecule has 4 rings (SSSR count). The first-order valence-corrected chi connectivity index (χ1v) is 9.27. The Balaban J connectivity index is 0.00000225. The molecule has 3 N–H and O–H groups in total. The lowest BCUT2D eigenvalue weighted by Crippen LogP contribution is -2.61. The topological polar surface area (TPSA) is 79.8 Å². The Morgan fingerprint density at radius 3 is 2.54 bits per heavy atom. The fourth-order valence-electron chi connectivity index (χ4n) is 3.86. The number of fused-ring (bicyclic) bond motifs is 1. The maximum atomic E-state index is 13.2. The van der Waals surface area contributed by atoms with E-state index in [4.69, 9.17) is 9.47 Å². The zero-order valence-electron chi connectivity index (χ0n) is 15.7. The number of benzene rings is 2. The molecule has 6 nitrogen and oxygen atoms in total. The predicted octanol–water partition coefficient (Wildman–Crippen LogP) is 2.17. The van der Waals surface area contributed by atoms with Crippen molar-refractivity contribution in [3.05, 3.63) is 59.2 Å². The van der Waals surface area contributed by atoms with Gasteiger partial charge in [0, 0.05) is 12.1 Å². The minimum Gasteiger partial charge on any atom is -0.486 e. The van der Waals surface area contributed by atoms with Gasteiger partial charge in [-0.15, -0.1) is 12.4 Å². The van der Waals surface area contributed by atoms with Crippen molar-refractivity contribution in [1.82, 2.24) is 10.6 Å². The number of rotatable bonds is 3. The number of halogens is 1. The second kappa shape index (κ2) is 8.39. The number of nitrogens with one attached hydrogen (secondary N) is 2. The lowest BCUT2D eigenvalue weighted by atomic mass is 9.79. The quantitative estimate of drug-likeness (QED) is 0.730. The number of aliphatic hydroxyl groups is 1. The van der Waals surface area contributed by atoms with Gasteiger partial charge in [-0.25, -0.2) is 0 Å². The Morgan fingerprint density at radius 1 is 1.18 bits per heavy atom. The van der Waals surface area contributed by atoms with Gasteiger partial charge in [0.2, 0.25) is 0 Å². The second-order valence-electron chi connectivity index (χ2n) is 7.07. The first-order chi connectivity index (χ1) is 13.1. The van der Waals surface area contributed by atoms with Crippen molar-refractivity contribution in [2.75, 3.05) is 26.3 Å². The van der Waals surface area contributed by atoms with Crippen LogP contribution in [0.1, 0.15) is 27.9 Å². The summed E-state index contributed by atoms with van der Waals surface area (Å²) >= 11 is 0. The molecule has 2 aliphatic heterocycles. The van der Waals surface area contributed by atoms with E-state index in [1.165, 1.54) is 0 Å². The van der Waals surface area contributed by atoms with Gasteiger partial charge < -0.3 is 25.2 Å². The largest absolute Gasteiger partial charge is 0.486 e. The average Bonchev–Trinajstić information content (AvgIpc) is 2.70. The fourth-order valence-corrected chi connectivity index (χ4v) is 3.86. The minimum atomic E-state index is -0.830. The number of carbonyl (C=O) groups excluding carboxylic acids is 1. The number of ether oxygens (including phenoxy) is 2. The van der Waals surface area contributed by atoms with E-state index < -0.39 is 11.6 Å². The number of amides is 1. The molecule has 0 unspecified atom stereocenters. The highest BCUT2D eigenvalue weighted by Crippen LogP contribution is 2.35. The molecule has 28 heavy (non-hydrogen) atoms. The Labute approximate surface area is 170 Å². The molecule has 7 heteroatoms. The Kier molecular flexibility index (Phi) is 6.13. The highest BCUT2D eigenvalue weighted by atomic mass is 35.5. The third kappa shape index (κ3) is 3.68. The van der Waals surface area contributed by atoms with Gasteiger partial charge in [-0.3, -0.25) is 4.79 Å². The Bertz CT molecular complexity index is 846. The summed E-state index contributed by atoms with van der Waals surface area (Å²) in [6.07, 6.45) is -0.122. The van der Waals surface area contributed by atoms with Crippen LogP contribution in [0.15, 0.2) is 42.5 Å². The van der Waals surface area contributed by atoms with E-state index in [1.807, 2.05) is 43.3 Å². The SMILES string of the molecule is Cc1cc2c(cc1C(=O)N[C@]1(c3ccccc3)CCNC[C@H]1O)OCCO2.Cl. The van der Waals surface area contributed by atoms with E-state index in [0.29, 0.717) is 49.8 Å². The summed E-state index contributed by atoms with van der Waals surface area (Å²) in [4.78, 5) is 13.2. The van der Waals surface area contributed by atoms with Crippen molar-refractivity contribution in [1.29, 1.82) is 0 Å². The number of carbonyl (C=O) groups is 1. The van der Waals surface area contributed by atoms with Gasteiger partial charge in [-0.05, 0) is 43.1 Å². The number of aliphatic hydroxyl groups excluding tert-OH is 1. The first kappa shape index (κ1) is 20.5. The standard InChI is InChI=1S/C21H24N2O4.ClH/c1-14-11-17-18(27-10-9-26-17)12-16(14)20(25)23-21(7-8-22-13-19(21)24)15-5-3-2-4-6-15;/h2-6,11-12,19,22,24H,7-10,13H2,1H3,(H,23,25);1H/t19-,21+;/m1./s1. The smallest absolute Gasteiger partial charge is 0.252 e. The Hall–Kier alpha value is -2.28. The van der Waals surface area contributed by atoms with Crippen LogP contribution >= 0.6 is 12.4 Å². The Morgan fingerprint density at radius 2 is 1.86 bits per heavy atom. The number of piperidine rings is 1. The molecule has 2 aromatic rings. The van der Waals surface area contributed by atoms with E-state index in [9.17, 15) is 9.90 Å². The van der Waals surface area contributed by atoms with Gasteiger partial charge in [0.25, 0.3) is 5.91 Å². The summed E-state index contributed by atoms with van der Waals surface area (Å²) in [6, 6.07) is 13.2. The molecule has 0 aliphatic carbocycles. The summed E-state index contributed by atoms with van der Waals surface area (Å²) in [7, 11) is 0. The molecule has 0 saturated carbocycles. The van der Waals surface area contributed by atoms with Crippen LogP contribution in [0.4, 0.5) is 0 Å². The molecular formula is C21H25ClN2O4. The van der Waals surface area contributed by atoms with Crippen LogP contribution in [-0.4, -0.2) is 43.4 Å². The molecule has 1 fully saturated rings. The number of aryl methyl sites for hydroxylation is 1. The van der Waals surface area contributed by atoms with Crippen molar-refractivity contribution < 1.29 is 19.4 Å². The monoisotopic (exact) mass is 404 g/mol. The van der Waals surface area contributed by atoms with Crippen LogP contribution in [0, 0.1) is 6.92 Å². The highest BCUT2D eigenvalue weighted by Gasteiger charge is 2.43. The summed E-state index contributed by atoms with van der Waals surface area (Å²) in [5, 5.41) is 17.1. The summed E-state index contributed by atoms with van der Waals surface area (Å²) in [5.74, 6) is 1.01. The zero-order valence-corrected chi connectivity index (χ0v) is 16.6.